The number of nitro groups is 1. The van der Waals surface area contributed by atoms with E-state index in [-0.39, 0.29) is 17.9 Å². The minimum absolute atomic E-state index is 0.0101. The SMILES string of the molecule is COCCNc1ccc(C(=O)OCc2csc(-c3ccccc3)n2)cc1[N+](=O)[O-]. The normalized spacial score (nSPS) is 10.5. The summed E-state index contributed by atoms with van der Waals surface area (Å²) >= 11 is 1.46. The number of nitrogens with one attached hydrogen (secondary N) is 1. The first-order valence-corrected chi connectivity index (χ1v) is 9.64. The summed E-state index contributed by atoms with van der Waals surface area (Å²) in [6.45, 7) is 0.804. The van der Waals surface area contributed by atoms with E-state index in [1.54, 1.807) is 7.11 Å². The lowest BCUT2D eigenvalue weighted by atomic mass is 10.1. The van der Waals surface area contributed by atoms with Crippen LogP contribution in [-0.4, -0.2) is 36.1 Å². The highest BCUT2D eigenvalue weighted by molar-refractivity contribution is 7.13. The summed E-state index contributed by atoms with van der Waals surface area (Å²) < 4.78 is 10.2. The molecule has 150 valence electrons. The minimum atomic E-state index is -0.647. The summed E-state index contributed by atoms with van der Waals surface area (Å²) in [4.78, 5) is 27.6. The van der Waals surface area contributed by atoms with Crippen molar-refractivity contribution < 1.29 is 19.2 Å². The van der Waals surface area contributed by atoms with E-state index in [0.717, 1.165) is 10.6 Å². The molecular weight excluding hydrogens is 394 g/mol. The molecule has 0 radical (unpaired) electrons. The number of aromatic nitrogens is 1. The van der Waals surface area contributed by atoms with Crippen molar-refractivity contribution in [2.75, 3.05) is 25.6 Å². The molecule has 0 bridgehead atoms. The number of nitro benzene ring substituents is 1. The average Bonchev–Trinajstić information content (AvgIpc) is 3.22. The van der Waals surface area contributed by atoms with Crippen LogP contribution in [0.5, 0.6) is 0 Å². The number of hydrogen-bond donors (Lipinski definition) is 1. The lowest BCUT2D eigenvalue weighted by Gasteiger charge is -2.08. The van der Waals surface area contributed by atoms with Crippen LogP contribution in [-0.2, 0) is 16.1 Å². The van der Waals surface area contributed by atoms with Gasteiger partial charge in [-0.25, -0.2) is 9.78 Å². The Labute approximate surface area is 171 Å². The van der Waals surface area contributed by atoms with Crippen LogP contribution in [0.15, 0.2) is 53.9 Å². The molecule has 0 unspecified atom stereocenters. The Morgan fingerprint density at radius 3 is 2.76 bits per heavy atom. The van der Waals surface area contributed by atoms with Crippen LogP contribution in [0.3, 0.4) is 0 Å². The van der Waals surface area contributed by atoms with Crippen molar-refractivity contribution in [3.05, 3.63) is 75.3 Å². The molecule has 0 fully saturated rings. The first-order valence-electron chi connectivity index (χ1n) is 8.76. The number of methoxy groups -OCH3 is 1. The molecule has 0 aliphatic heterocycles. The van der Waals surface area contributed by atoms with E-state index in [9.17, 15) is 14.9 Å². The number of ether oxygens (including phenoxy) is 2. The van der Waals surface area contributed by atoms with Gasteiger partial charge in [0.25, 0.3) is 5.69 Å². The summed E-state index contributed by atoms with van der Waals surface area (Å²) in [6, 6.07) is 13.9. The summed E-state index contributed by atoms with van der Waals surface area (Å²) in [5, 5.41) is 16.9. The van der Waals surface area contributed by atoms with Crippen LogP contribution in [0, 0.1) is 10.1 Å². The first kappa shape index (κ1) is 20.4. The number of carbonyl (C=O) groups is 1. The zero-order valence-corrected chi connectivity index (χ0v) is 16.5. The van der Waals surface area contributed by atoms with Crippen LogP contribution < -0.4 is 5.32 Å². The van der Waals surface area contributed by atoms with E-state index in [2.05, 4.69) is 10.3 Å². The molecule has 1 aromatic heterocycles. The quantitative estimate of drug-likeness (QED) is 0.243. The van der Waals surface area contributed by atoms with Crippen LogP contribution >= 0.6 is 11.3 Å². The van der Waals surface area contributed by atoms with Gasteiger partial charge < -0.3 is 14.8 Å². The standard InChI is InChI=1S/C20H19N3O5S/c1-27-10-9-21-17-8-7-15(11-18(17)23(25)26)20(24)28-12-16-13-29-19(22-16)14-5-3-2-4-6-14/h2-8,11,13,21H,9-10,12H2,1H3. The summed E-state index contributed by atoms with van der Waals surface area (Å²) in [7, 11) is 1.54. The highest BCUT2D eigenvalue weighted by Gasteiger charge is 2.18. The second-order valence-electron chi connectivity index (χ2n) is 5.99. The minimum Gasteiger partial charge on any atom is -0.456 e. The molecule has 0 amide bonds. The topological polar surface area (TPSA) is 104 Å². The van der Waals surface area contributed by atoms with Gasteiger partial charge >= 0.3 is 5.97 Å². The second-order valence-corrected chi connectivity index (χ2v) is 6.85. The van der Waals surface area contributed by atoms with E-state index in [1.165, 1.54) is 29.5 Å². The molecule has 3 aromatic rings. The third-order valence-electron chi connectivity index (χ3n) is 3.98. The molecule has 0 aliphatic carbocycles. The molecule has 3 rings (SSSR count). The number of anilines is 1. The predicted octanol–water partition coefficient (Wildman–Crippen LogP) is 4.13. The summed E-state index contributed by atoms with van der Waals surface area (Å²) in [6.07, 6.45) is 0. The largest absolute Gasteiger partial charge is 0.456 e. The van der Waals surface area contributed by atoms with Crippen molar-refractivity contribution in [3.63, 3.8) is 0 Å². The van der Waals surface area contributed by atoms with Crippen molar-refractivity contribution in [2.24, 2.45) is 0 Å². The number of esters is 1. The van der Waals surface area contributed by atoms with Gasteiger partial charge in [-0.2, -0.15) is 0 Å². The molecule has 0 saturated carbocycles. The van der Waals surface area contributed by atoms with E-state index in [4.69, 9.17) is 9.47 Å². The predicted molar refractivity (Wildman–Crippen MR) is 110 cm³/mol. The van der Waals surface area contributed by atoms with E-state index < -0.39 is 10.9 Å². The fourth-order valence-corrected chi connectivity index (χ4v) is 3.37. The maximum atomic E-state index is 12.3. The molecule has 0 atom stereocenters. The third kappa shape index (κ3) is 5.37. The van der Waals surface area contributed by atoms with Crippen LogP contribution in [0.2, 0.25) is 0 Å². The van der Waals surface area contributed by atoms with Crippen molar-refractivity contribution >= 4 is 28.7 Å². The molecule has 29 heavy (non-hydrogen) atoms. The summed E-state index contributed by atoms with van der Waals surface area (Å²) in [5.41, 5.74) is 1.83. The zero-order valence-electron chi connectivity index (χ0n) is 15.7. The second kappa shape index (κ2) is 9.76. The maximum Gasteiger partial charge on any atom is 0.338 e. The van der Waals surface area contributed by atoms with Gasteiger partial charge in [0.2, 0.25) is 0 Å². The highest BCUT2D eigenvalue weighted by Crippen LogP contribution is 2.27. The molecule has 9 heteroatoms. The molecule has 1 heterocycles. The highest BCUT2D eigenvalue weighted by atomic mass is 32.1. The number of nitrogens with zero attached hydrogens (tertiary/aromatic N) is 2. The van der Waals surface area contributed by atoms with Crippen molar-refractivity contribution in [1.82, 2.24) is 4.98 Å². The van der Waals surface area contributed by atoms with E-state index >= 15 is 0 Å². The van der Waals surface area contributed by atoms with E-state index in [0.29, 0.717) is 24.5 Å². The Morgan fingerprint density at radius 2 is 2.03 bits per heavy atom. The first-order chi connectivity index (χ1) is 14.1. The van der Waals surface area contributed by atoms with Gasteiger partial charge in [-0.05, 0) is 12.1 Å². The van der Waals surface area contributed by atoms with Gasteiger partial charge in [-0.15, -0.1) is 11.3 Å². The van der Waals surface area contributed by atoms with Gasteiger partial charge in [0.05, 0.1) is 22.8 Å². The molecule has 0 aliphatic rings. The van der Waals surface area contributed by atoms with Crippen LogP contribution in [0.1, 0.15) is 16.1 Å². The summed E-state index contributed by atoms with van der Waals surface area (Å²) in [5.74, 6) is -0.647. The van der Waals surface area contributed by atoms with E-state index in [1.807, 2.05) is 35.7 Å². The molecule has 2 aromatic carbocycles. The number of hydrogen-bond acceptors (Lipinski definition) is 8. The Bertz CT molecular complexity index is 991. The monoisotopic (exact) mass is 413 g/mol. The molecule has 0 spiro atoms. The third-order valence-corrected chi connectivity index (χ3v) is 4.92. The average molecular weight is 413 g/mol. The molecule has 8 nitrogen and oxygen atoms in total. The number of carbonyl (C=O) groups excluding carboxylic acids is 1. The van der Waals surface area contributed by atoms with Gasteiger partial charge in [0.1, 0.15) is 17.3 Å². The number of thiazole rings is 1. The molecule has 0 saturated heterocycles. The zero-order chi connectivity index (χ0) is 20.6. The number of rotatable bonds is 9. The lowest BCUT2D eigenvalue weighted by Crippen LogP contribution is -2.11. The number of benzene rings is 2. The Morgan fingerprint density at radius 1 is 1.24 bits per heavy atom. The Kier molecular flexibility index (Phi) is 6.88. The Hall–Kier alpha value is -3.30. The fourth-order valence-electron chi connectivity index (χ4n) is 2.56. The lowest BCUT2D eigenvalue weighted by molar-refractivity contribution is -0.384. The van der Waals surface area contributed by atoms with Crippen molar-refractivity contribution in [1.29, 1.82) is 0 Å². The smallest absolute Gasteiger partial charge is 0.338 e. The van der Waals surface area contributed by atoms with Gasteiger partial charge in [0.15, 0.2) is 0 Å². The molecule has 1 N–H and O–H groups in total. The van der Waals surface area contributed by atoms with Crippen LogP contribution in [0.25, 0.3) is 10.6 Å². The van der Waals surface area contributed by atoms with Gasteiger partial charge in [0, 0.05) is 30.7 Å². The van der Waals surface area contributed by atoms with Gasteiger partial charge in [-0.1, -0.05) is 30.3 Å². The van der Waals surface area contributed by atoms with Crippen LogP contribution in [0.4, 0.5) is 11.4 Å². The van der Waals surface area contributed by atoms with Crippen molar-refractivity contribution in [3.8, 4) is 10.6 Å². The molecular formula is C20H19N3O5S. The maximum absolute atomic E-state index is 12.3. The van der Waals surface area contributed by atoms with Crippen molar-refractivity contribution in [2.45, 2.75) is 6.61 Å². The fraction of sp³-hybridized carbons (Fsp3) is 0.200. The van der Waals surface area contributed by atoms with Gasteiger partial charge in [-0.3, -0.25) is 10.1 Å². The Balaban J connectivity index is 1.65.